The molecule has 0 saturated heterocycles. The molecule has 1 aliphatic carbocycles. The minimum atomic E-state index is -0.134. The molecule has 9 heteroatoms. The number of hydrogen-bond acceptors (Lipinski definition) is 7. The Morgan fingerprint density at radius 3 is 2.39 bits per heavy atom. The number of amides is 1. The molecule has 0 aliphatic heterocycles. The van der Waals surface area contributed by atoms with Gasteiger partial charge in [-0.2, -0.15) is 0 Å². The molecule has 0 atom stereocenters. The van der Waals surface area contributed by atoms with Crippen molar-refractivity contribution in [1.82, 2.24) is 19.8 Å². The van der Waals surface area contributed by atoms with Crippen LogP contribution in [-0.4, -0.2) is 81.0 Å². The molecule has 4 N–H and O–H groups in total. The molecular formula is C45H60N6O3. The Hall–Kier alpha value is -4.96. The fourth-order valence-electron chi connectivity index (χ4n) is 6.30. The average Bonchev–Trinajstić information content (AvgIpc) is 3.34. The SMILES string of the molecule is C=C/C(=C\C(=C/Cc1nc(-c2ccc(NC)c(C)c2)c(C2=CCC=C(N(C)C)C=C2)n1Cc1ccc(C(=O)NCCOCCOCCN)cc1)CC)CC. The van der Waals surface area contributed by atoms with Crippen molar-refractivity contribution in [2.75, 3.05) is 66.0 Å². The van der Waals surface area contributed by atoms with Gasteiger partial charge in [0.1, 0.15) is 5.82 Å². The lowest BCUT2D eigenvalue weighted by Crippen LogP contribution is -2.27. The van der Waals surface area contributed by atoms with Gasteiger partial charge in [-0.1, -0.05) is 80.7 Å². The summed E-state index contributed by atoms with van der Waals surface area (Å²) in [5.41, 5.74) is 17.2. The number of aryl methyl sites for hydroxylation is 1. The summed E-state index contributed by atoms with van der Waals surface area (Å²) in [6, 6.07) is 14.4. The van der Waals surface area contributed by atoms with Gasteiger partial charge in [0.05, 0.1) is 37.8 Å². The van der Waals surface area contributed by atoms with E-state index < -0.39 is 0 Å². The van der Waals surface area contributed by atoms with Gasteiger partial charge in [-0.25, -0.2) is 4.98 Å². The first-order valence-corrected chi connectivity index (χ1v) is 19.1. The van der Waals surface area contributed by atoms with Crippen LogP contribution in [0.25, 0.3) is 16.8 Å². The second kappa shape index (κ2) is 21.7. The minimum Gasteiger partial charge on any atom is -0.388 e. The Labute approximate surface area is 323 Å². The second-order valence-corrected chi connectivity index (χ2v) is 13.4. The van der Waals surface area contributed by atoms with E-state index >= 15 is 0 Å². The highest BCUT2D eigenvalue weighted by atomic mass is 16.5. The average molecular weight is 733 g/mol. The molecule has 0 fully saturated rings. The lowest BCUT2D eigenvalue weighted by molar-refractivity contribution is 0.0511. The van der Waals surface area contributed by atoms with E-state index in [9.17, 15) is 4.79 Å². The Morgan fingerprint density at radius 1 is 1.00 bits per heavy atom. The molecule has 0 spiro atoms. The summed E-state index contributed by atoms with van der Waals surface area (Å²) in [4.78, 5) is 20.6. The van der Waals surface area contributed by atoms with Gasteiger partial charge in [-0.3, -0.25) is 4.79 Å². The number of nitrogens with one attached hydrogen (secondary N) is 2. The maximum atomic E-state index is 13.0. The highest BCUT2D eigenvalue weighted by Crippen LogP contribution is 2.35. The molecule has 0 saturated carbocycles. The summed E-state index contributed by atoms with van der Waals surface area (Å²) in [7, 11) is 6.09. The van der Waals surface area contributed by atoms with Gasteiger partial charge in [0.2, 0.25) is 0 Å². The molecule has 288 valence electrons. The van der Waals surface area contributed by atoms with Gasteiger partial charge in [0.15, 0.2) is 0 Å². The molecule has 1 heterocycles. The van der Waals surface area contributed by atoms with E-state index in [2.05, 4.69) is 116 Å². The summed E-state index contributed by atoms with van der Waals surface area (Å²) in [5.74, 6) is 0.839. The maximum Gasteiger partial charge on any atom is 0.251 e. The molecule has 2 aromatic carbocycles. The Balaban J connectivity index is 1.73. The van der Waals surface area contributed by atoms with Crippen molar-refractivity contribution in [3.63, 3.8) is 0 Å². The smallest absolute Gasteiger partial charge is 0.251 e. The van der Waals surface area contributed by atoms with Crippen molar-refractivity contribution >= 4 is 17.2 Å². The summed E-state index contributed by atoms with van der Waals surface area (Å²) >= 11 is 0. The number of hydrogen-bond donors (Lipinski definition) is 3. The Bertz CT molecular complexity index is 1860. The van der Waals surface area contributed by atoms with Crippen LogP contribution in [0.2, 0.25) is 0 Å². The molecule has 0 bridgehead atoms. The highest BCUT2D eigenvalue weighted by molar-refractivity contribution is 5.94. The molecule has 1 amide bonds. The topological polar surface area (TPSA) is 107 Å². The molecule has 54 heavy (non-hydrogen) atoms. The Kier molecular flexibility index (Phi) is 16.8. The van der Waals surface area contributed by atoms with Gasteiger partial charge in [-0.05, 0) is 78.8 Å². The fourth-order valence-corrected chi connectivity index (χ4v) is 6.30. The lowest BCUT2D eigenvalue weighted by Gasteiger charge is -2.15. The fraction of sp³-hybridized carbons (Fsp3) is 0.378. The summed E-state index contributed by atoms with van der Waals surface area (Å²) in [6.45, 7) is 13.9. The molecule has 0 unspecified atom stereocenters. The van der Waals surface area contributed by atoms with Crippen LogP contribution < -0.4 is 16.4 Å². The number of nitrogens with zero attached hydrogens (tertiary/aromatic N) is 3. The van der Waals surface area contributed by atoms with E-state index in [-0.39, 0.29) is 5.91 Å². The van der Waals surface area contributed by atoms with Crippen LogP contribution in [0.4, 0.5) is 5.69 Å². The largest absolute Gasteiger partial charge is 0.388 e. The number of aromatic nitrogens is 2. The van der Waals surface area contributed by atoms with E-state index in [1.165, 1.54) is 11.1 Å². The van der Waals surface area contributed by atoms with Crippen molar-refractivity contribution in [3.8, 4) is 11.3 Å². The normalized spacial score (nSPS) is 13.3. The van der Waals surface area contributed by atoms with Crippen LogP contribution in [0.3, 0.4) is 0 Å². The Morgan fingerprint density at radius 2 is 1.74 bits per heavy atom. The van der Waals surface area contributed by atoms with Crippen LogP contribution in [-0.2, 0) is 22.4 Å². The number of rotatable bonds is 21. The zero-order valence-electron chi connectivity index (χ0n) is 33.2. The number of carbonyl (C=O) groups excluding carboxylic acids is 1. The van der Waals surface area contributed by atoms with Crippen molar-refractivity contribution in [2.24, 2.45) is 5.73 Å². The van der Waals surface area contributed by atoms with Gasteiger partial charge in [0.25, 0.3) is 5.91 Å². The number of ether oxygens (including phenoxy) is 2. The molecule has 0 radical (unpaired) electrons. The van der Waals surface area contributed by atoms with Crippen LogP contribution in [0.1, 0.15) is 66.1 Å². The molecule has 3 aromatic rings. The molecule has 1 aliphatic rings. The number of imidazole rings is 1. The predicted molar refractivity (Wildman–Crippen MR) is 225 cm³/mol. The zero-order chi connectivity index (χ0) is 38.9. The number of benzene rings is 2. The van der Waals surface area contributed by atoms with E-state index in [1.54, 1.807) is 0 Å². The second-order valence-electron chi connectivity index (χ2n) is 13.4. The van der Waals surface area contributed by atoms with Crippen molar-refractivity contribution in [1.29, 1.82) is 0 Å². The molecular weight excluding hydrogens is 673 g/mol. The third-order valence-corrected chi connectivity index (χ3v) is 9.42. The molecule has 1 aromatic heterocycles. The first-order chi connectivity index (χ1) is 26.2. The predicted octanol–water partition coefficient (Wildman–Crippen LogP) is 7.86. The maximum absolute atomic E-state index is 13.0. The van der Waals surface area contributed by atoms with Crippen LogP contribution >= 0.6 is 0 Å². The van der Waals surface area contributed by atoms with Crippen LogP contribution in [0.15, 0.2) is 108 Å². The number of likely N-dealkylation sites (N-methyl/N-ethyl adjacent to an activating group) is 1. The van der Waals surface area contributed by atoms with Gasteiger partial charge in [0, 0.05) is 69.7 Å². The van der Waals surface area contributed by atoms with E-state index in [0.29, 0.717) is 58.0 Å². The van der Waals surface area contributed by atoms with Gasteiger partial charge in [-0.15, -0.1) is 0 Å². The standard InChI is InChI=1S/C45H60N6O3/c1-8-34(9-2)31-35(10-3)16-23-42-49-43(39-20-22-41(47-5)33(4)30-39)44(37-12-11-13-40(21-19-37)50(6)7)51(42)32-36-14-17-38(18-15-36)45(52)48-25-27-54-29-28-53-26-24-46/h8,12-22,30-31,47H,1,9-11,23-29,32,46H2,2-7H3,(H,48,52)/b34-31+,35-16-. The molecule has 4 rings (SSSR count). The summed E-state index contributed by atoms with van der Waals surface area (Å²) in [6.07, 6.45) is 18.7. The zero-order valence-corrected chi connectivity index (χ0v) is 33.2. The third-order valence-electron chi connectivity index (χ3n) is 9.42. The number of allylic oxidation sites excluding steroid dienone is 10. The summed E-state index contributed by atoms with van der Waals surface area (Å²) < 4.78 is 13.2. The van der Waals surface area contributed by atoms with Gasteiger partial charge >= 0.3 is 0 Å². The third kappa shape index (κ3) is 11.8. The van der Waals surface area contributed by atoms with E-state index in [0.717, 1.165) is 70.1 Å². The lowest BCUT2D eigenvalue weighted by atomic mass is 10.0. The van der Waals surface area contributed by atoms with E-state index in [1.807, 2.05) is 37.4 Å². The molecule has 9 nitrogen and oxygen atoms in total. The number of carbonyl (C=O) groups is 1. The van der Waals surface area contributed by atoms with Crippen molar-refractivity contribution in [3.05, 3.63) is 137 Å². The highest BCUT2D eigenvalue weighted by Gasteiger charge is 2.22. The van der Waals surface area contributed by atoms with Crippen molar-refractivity contribution < 1.29 is 14.3 Å². The van der Waals surface area contributed by atoms with Crippen LogP contribution in [0.5, 0.6) is 0 Å². The monoisotopic (exact) mass is 732 g/mol. The first-order valence-electron chi connectivity index (χ1n) is 19.1. The van der Waals surface area contributed by atoms with Gasteiger partial charge < -0.3 is 35.3 Å². The quantitative estimate of drug-likeness (QED) is 0.0757. The minimum absolute atomic E-state index is 0.134. The number of anilines is 1. The van der Waals surface area contributed by atoms with E-state index in [4.69, 9.17) is 20.2 Å². The number of nitrogens with two attached hydrogens (primary N) is 1. The van der Waals surface area contributed by atoms with Crippen LogP contribution in [0, 0.1) is 6.92 Å². The summed E-state index contributed by atoms with van der Waals surface area (Å²) in [5, 5.41) is 6.26. The van der Waals surface area contributed by atoms with Crippen molar-refractivity contribution in [2.45, 2.75) is 53.0 Å². The first kappa shape index (κ1) is 41.8.